The fraction of sp³-hybridized carbons (Fsp3) is 0.235. The maximum Gasteiger partial charge on any atom is 0.230 e. The van der Waals surface area contributed by atoms with Crippen molar-refractivity contribution < 1.29 is 9.13 Å². The maximum atomic E-state index is 12.9. The molecule has 0 spiro atoms. The molecule has 6 nitrogen and oxygen atoms in total. The zero-order valence-corrected chi connectivity index (χ0v) is 13.7. The van der Waals surface area contributed by atoms with Gasteiger partial charge < -0.3 is 10.1 Å². The highest BCUT2D eigenvalue weighted by Gasteiger charge is 2.14. The second-order valence-corrected chi connectivity index (χ2v) is 6.24. The Hall–Kier alpha value is -2.96. The van der Waals surface area contributed by atoms with Gasteiger partial charge in [0.25, 0.3) is 0 Å². The first-order valence-electron chi connectivity index (χ1n) is 7.49. The average molecular weight is 327 g/mol. The Morgan fingerprint density at radius 2 is 1.88 bits per heavy atom. The second-order valence-electron chi connectivity index (χ2n) is 6.24. The normalized spacial score (nSPS) is 11.3. The largest absolute Gasteiger partial charge is 0.439 e. The highest BCUT2D eigenvalue weighted by molar-refractivity contribution is 5.50. The van der Waals surface area contributed by atoms with Crippen LogP contribution < -0.4 is 10.1 Å². The Morgan fingerprint density at radius 3 is 2.54 bits per heavy atom. The molecule has 0 amide bonds. The van der Waals surface area contributed by atoms with Gasteiger partial charge in [0.1, 0.15) is 11.6 Å². The van der Waals surface area contributed by atoms with Crippen molar-refractivity contribution in [3.05, 3.63) is 54.7 Å². The maximum absolute atomic E-state index is 12.9. The summed E-state index contributed by atoms with van der Waals surface area (Å²) in [4.78, 5) is 8.44. The lowest BCUT2D eigenvalue weighted by Crippen LogP contribution is -2.21. The van der Waals surface area contributed by atoms with Crippen LogP contribution in [0.4, 0.5) is 16.0 Å². The summed E-state index contributed by atoms with van der Waals surface area (Å²) >= 11 is 0. The molecule has 1 N–H and O–H groups in total. The number of benzene rings is 1. The molecule has 0 aliphatic rings. The standard InChI is InChI=1S/C17H18FN5O/c1-17(2,3)23-11-13(10-20-23)21-16-19-9-8-15(22-16)24-14-6-4-12(18)5-7-14/h4-11H,1-3H3,(H,19,21,22). The Balaban J connectivity index is 1.73. The molecule has 0 saturated heterocycles. The van der Waals surface area contributed by atoms with E-state index < -0.39 is 0 Å². The SMILES string of the molecule is CC(C)(C)n1cc(Nc2nccc(Oc3ccc(F)cc3)n2)cn1. The summed E-state index contributed by atoms with van der Waals surface area (Å²) < 4.78 is 20.4. The Kier molecular flexibility index (Phi) is 4.16. The van der Waals surface area contributed by atoms with E-state index in [1.807, 2.05) is 10.9 Å². The van der Waals surface area contributed by atoms with Crippen molar-refractivity contribution in [1.29, 1.82) is 0 Å². The van der Waals surface area contributed by atoms with Crippen molar-refractivity contribution in [2.75, 3.05) is 5.32 Å². The minimum Gasteiger partial charge on any atom is -0.439 e. The summed E-state index contributed by atoms with van der Waals surface area (Å²) in [7, 11) is 0. The van der Waals surface area contributed by atoms with Gasteiger partial charge in [0.05, 0.1) is 17.4 Å². The van der Waals surface area contributed by atoms with Crippen molar-refractivity contribution in [2.45, 2.75) is 26.3 Å². The minimum absolute atomic E-state index is 0.103. The van der Waals surface area contributed by atoms with Crippen molar-refractivity contribution in [3.8, 4) is 11.6 Å². The van der Waals surface area contributed by atoms with E-state index in [2.05, 4.69) is 41.2 Å². The first kappa shape index (κ1) is 15.9. The van der Waals surface area contributed by atoms with Crippen LogP contribution in [-0.4, -0.2) is 19.7 Å². The molecule has 0 saturated carbocycles. The lowest BCUT2D eigenvalue weighted by Gasteiger charge is -2.18. The Labute approximate surface area is 139 Å². The number of aromatic nitrogens is 4. The molecular weight excluding hydrogens is 309 g/mol. The molecule has 1 aromatic carbocycles. The first-order chi connectivity index (χ1) is 11.4. The highest BCUT2D eigenvalue weighted by Crippen LogP contribution is 2.22. The quantitative estimate of drug-likeness (QED) is 0.781. The monoisotopic (exact) mass is 327 g/mol. The Bertz CT molecular complexity index is 823. The highest BCUT2D eigenvalue weighted by atomic mass is 19.1. The number of hydrogen-bond donors (Lipinski definition) is 1. The van der Waals surface area contributed by atoms with Crippen molar-refractivity contribution in [2.24, 2.45) is 0 Å². The van der Waals surface area contributed by atoms with Gasteiger partial charge in [-0.3, -0.25) is 4.68 Å². The van der Waals surface area contributed by atoms with Crippen LogP contribution in [0.2, 0.25) is 0 Å². The van der Waals surface area contributed by atoms with E-state index in [1.165, 1.54) is 24.3 Å². The van der Waals surface area contributed by atoms with E-state index in [4.69, 9.17) is 4.74 Å². The number of ether oxygens (including phenoxy) is 1. The summed E-state index contributed by atoms with van der Waals surface area (Å²) in [6.45, 7) is 6.20. The van der Waals surface area contributed by atoms with Crippen LogP contribution in [0.3, 0.4) is 0 Å². The number of nitrogens with one attached hydrogen (secondary N) is 1. The number of halogens is 1. The van der Waals surface area contributed by atoms with Gasteiger partial charge in [-0.25, -0.2) is 9.37 Å². The fourth-order valence-corrected chi connectivity index (χ4v) is 1.97. The molecule has 0 bridgehead atoms. The van der Waals surface area contributed by atoms with E-state index in [0.29, 0.717) is 17.6 Å². The van der Waals surface area contributed by atoms with Gasteiger partial charge in [-0.2, -0.15) is 10.1 Å². The minimum atomic E-state index is -0.316. The molecular formula is C17H18FN5O. The number of hydrogen-bond acceptors (Lipinski definition) is 5. The molecule has 7 heteroatoms. The lowest BCUT2D eigenvalue weighted by atomic mass is 10.1. The molecule has 0 aliphatic carbocycles. The molecule has 24 heavy (non-hydrogen) atoms. The van der Waals surface area contributed by atoms with Gasteiger partial charge in [0.15, 0.2) is 0 Å². The topological polar surface area (TPSA) is 64.9 Å². The number of anilines is 2. The number of nitrogens with zero attached hydrogens (tertiary/aromatic N) is 4. The van der Waals surface area contributed by atoms with Crippen LogP contribution in [-0.2, 0) is 5.54 Å². The van der Waals surface area contributed by atoms with Gasteiger partial charge in [-0.1, -0.05) is 0 Å². The van der Waals surface area contributed by atoms with Gasteiger partial charge in [-0.15, -0.1) is 0 Å². The van der Waals surface area contributed by atoms with E-state index in [1.54, 1.807) is 18.5 Å². The summed E-state index contributed by atoms with van der Waals surface area (Å²) in [6, 6.07) is 7.37. The van der Waals surface area contributed by atoms with Gasteiger partial charge >= 0.3 is 0 Å². The molecule has 0 fully saturated rings. The molecule has 0 unspecified atom stereocenters. The molecule has 0 aliphatic heterocycles. The van der Waals surface area contributed by atoms with E-state index >= 15 is 0 Å². The van der Waals surface area contributed by atoms with Crippen molar-refractivity contribution >= 4 is 11.6 Å². The summed E-state index contributed by atoms with van der Waals surface area (Å²) in [5, 5.41) is 7.40. The molecule has 2 heterocycles. The zero-order chi connectivity index (χ0) is 17.2. The zero-order valence-electron chi connectivity index (χ0n) is 13.7. The van der Waals surface area contributed by atoms with E-state index in [-0.39, 0.29) is 11.4 Å². The molecule has 0 atom stereocenters. The average Bonchev–Trinajstić information content (AvgIpc) is 2.99. The second kappa shape index (κ2) is 6.27. The summed E-state index contributed by atoms with van der Waals surface area (Å²) in [5.41, 5.74) is 0.679. The molecule has 0 radical (unpaired) electrons. The molecule has 124 valence electrons. The van der Waals surface area contributed by atoms with Gasteiger partial charge in [0, 0.05) is 18.5 Å². The fourth-order valence-electron chi connectivity index (χ4n) is 1.97. The third-order valence-corrected chi connectivity index (χ3v) is 3.19. The lowest BCUT2D eigenvalue weighted by molar-refractivity contribution is 0.355. The van der Waals surface area contributed by atoms with Crippen LogP contribution in [0.1, 0.15) is 20.8 Å². The molecule has 3 rings (SSSR count). The predicted octanol–water partition coefficient (Wildman–Crippen LogP) is 4.10. The van der Waals surface area contributed by atoms with Crippen molar-refractivity contribution in [3.63, 3.8) is 0 Å². The van der Waals surface area contributed by atoms with Crippen LogP contribution in [0.5, 0.6) is 11.6 Å². The van der Waals surface area contributed by atoms with Crippen LogP contribution in [0.25, 0.3) is 0 Å². The van der Waals surface area contributed by atoms with E-state index in [0.717, 1.165) is 5.69 Å². The molecule has 2 aromatic heterocycles. The van der Waals surface area contributed by atoms with E-state index in [9.17, 15) is 4.39 Å². The van der Waals surface area contributed by atoms with Gasteiger partial charge in [-0.05, 0) is 45.0 Å². The smallest absolute Gasteiger partial charge is 0.230 e. The van der Waals surface area contributed by atoms with Crippen LogP contribution >= 0.6 is 0 Å². The van der Waals surface area contributed by atoms with Crippen LogP contribution in [0, 0.1) is 5.82 Å². The van der Waals surface area contributed by atoms with Crippen molar-refractivity contribution in [1.82, 2.24) is 19.7 Å². The third kappa shape index (κ3) is 3.87. The summed E-state index contributed by atoms with van der Waals surface area (Å²) in [5.74, 6) is 0.940. The third-order valence-electron chi connectivity index (χ3n) is 3.19. The van der Waals surface area contributed by atoms with Crippen LogP contribution in [0.15, 0.2) is 48.9 Å². The Morgan fingerprint density at radius 1 is 1.12 bits per heavy atom. The molecule has 3 aromatic rings. The predicted molar refractivity (Wildman–Crippen MR) is 89.0 cm³/mol. The number of rotatable bonds is 4. The van der Waals surface area contributed by atoms with Gasteiger partial charge in [0.2, 0.25) is 11.8 Å². The summed E-state index contributed by atoms with van der Waals surface area (Å²) in [6.07, 6.45) is 5.18. The first-order valence-corrected chi connectivity index (χ1v) is 7.49.